The third-order valence-corrected chi connectivity index (χ3v) is 4.00. The fourth-order valence-electron chi connectivity index (χ4n) is 2.34. The van der Waals surface area contributed by atoms with Crippen molar-refractivity contribution in [3.05, 3.63) is 106 Å². The summed E-state index contributed by atoms with van der Waals surface area (Å²) in [6, 6.07) is 29.0. The first-order valence-electron chi connectivity index (χ1n) is 7.20. The Labute approximate surface area is 140 Å². The van der Waals surface area contributed by atoms with E-state index in [9.17, 15) is 0 Å². The molecule has 106 valence electrons. The summed E-state index contributed by atoms with van der Waals surface area (Å²) in [5, 5.41) is 0. The molecule has 0 nitrogen and oxygen atoms in total. The van der Waals surface area contributed by atoms with Crippen LogP contribution in [-0.2, 0) is 0 Å². The van der Waals surface area contributed by atoms with E-state index in [1.165, 1.54) is 11.1 Å². The highest BCUT2D eigenvalue weighted by Crippen LogP contribution is 2.23. The van der Waals surface area contributed by atoms with Gasteiger partial charge in [0.05, 0.1) is 5.92 Å². The number of halogens is 1. The van der Waals surface area contributed by atoms with Gasteiger partial charge in [-0.3, -0.25) is 0 Å². The molecule has 0 aliphatic rings. The van der Waals surface area contributed by atoms with Crippen molar-refractivity contribution >= 4 is 15.9 Å². The van der Waals surface area contributed by atoms with Crippen LogP contribution in [0, 0.1) is 11.8 Å². The Morgan fingerprint density at radius 2 is 1.14 bits per heavy atom. The quantitative estimate of drug-likeness (QED) is 0.527. The normalized spacial score (nSPS) is 10.1. The van der Waals surface area contributed by atoms with E-state index in [4.69, 9.17) is 0 Å². The molecule has 0 heterocycles. The molecule has 0 saturated carbocycles. The van der Waals surface area contributed by atoms with Crippen LogP contribution >= 0.6 is 15.9 Å². The zero-order valence-electron chi connectivity index (χ0n) is 12.0. The largest absolute Gasteiger partial charge is 0.0848 e. The van der Waals surface area contributed by atoms with Crippen LogP contribution in [-0.4, -0.2) is 0 Å². The molecule has 0 unspecified atom stereocenters. The summed E-state index contributed by atoms with van der Waals surface area (Å²) in [6.45, 7) is 0. The molecule has 3 aromatic rings. The highest BCUT2D eigenvalue weighted by molar-refractivity contribution is 9.10. The Morgan fingerprint density at radius 1 is 0.636 bits per heavy atom. The zero-order valence-corrected chi connectivity index (χ0v) is 13.6. The Morgan fingerprint density at radius 3 is 1.64 bits per heavy atom. The van der Waals surface area contributed by atoms with Gasteiger partial charge in [0.2, 0.25) is 0 Å². The van der Waals surface area contributed by atoms with Gasteiger partial charge in [-0.05, 0) is 35.4 Å². The van der Waals surface area contributed by atoms with Crippen LogP contribution < -0.4 is 0 Å². The van der Waals surface area contributed by atoms with Crippen LogP contribution in [0.15, 0.2) is 89.4 Å². The Kier molecular flexibility index (Phi) is 4.73. The molecule has 22 heavy (non-hydrogen) atoms. The fourth-order valence-corrected chi connectivity index (χ4v) is 2.60. The minimum Gasteiger partial charge on any atom is -0.0848 e. The molecule has 1 heteroatoms. The molecule has 0 aliphatic carbocycles. The number of rotatable bonds is 2. The average Bonchev–Trinajstić information content (AvgIpc) is 2.59. The van der Waals surface area contributed by atoms with Crippen LogP contribution in [0.3, 0.4) is 0 Å². The summed E-state index contributed by atoms with van der Waals surface area (Å²) in [5.41, 5.74) is 3.47. The lowest BCUT2D eigenvalue weighted by molar-refractivity contribution is 1.06. The number of hydrogen-bond acceptors (Lipinski definition) is 0. The summed E-state index contributed by atoms with van der Waals surface area (Å²) in [5.74, 6) is 6.81. The van der Waals surface area contributed by atoms with Gasteiger partial charge in [-0.15, -0.1) is 0 Å². The zero-order chi connectivity index (χ0) is 15.2. The van der Waals surface area contributed by atoms with Crippen molar-refractivity contribution in [3.63, 3.8) is 0 Å². The van der Waals surface area contributed by atoms with Gasteiger partial charge in [-0.2, -0.15) is 0 Å². The van der Waals surface area contributed by atoms with E-state index in [0.29, 0.717) is 0 Å². The molecule has 0 bridgehead atoms. The van der Waals surface area contributed by atoms with Crippen molar-refractivity contribution in [1.29, 1.82) is 0 Å². The maximum Gasteiger partial charge on any atom is 0.0705 e. The van der Waals surface area contributed by atoms with Gasteiger partial charge in [-0.1, -0.05) is 88.4 Å². The smallest absolute Gasteiger partial charge is 0.0705 e. The SMILES string of the molecule is Brc1ccc(C#CC(c2ccccc2)c2ccccc2)cc1. The molecule has 0 amide bonds. The van der Waals surface area contributed by atoms with Gasteiger partial charge < -0.3 is 0 Å². The highest BCUT2D eigenvalue weighted by atomic mass is 79.9. The molecule has 3 aromatic carbocycles. The van der Waals surface area contributed by atoms with Crippen LogP contribution in [0.2, 0.25) is 0 Å². The summed E-state index contributed by atoms with van der Waals surface area (Å²) in [7, 11) is 0. The van der Waals surface area contributed by atoms with E-state index < -0.39 is 0 Å². The lowest BCUT2D eigenvalue weighted by Gasteiger charge is -2.11. The van der Waals surface area contributed by atoms with Gasteiger partial charge in [0.1, 0.15) is 0 Å². The molecule has 0 aliphatic heterocycles. The maximum atomic E-state index is 3.45. The second kappa shape index (κ2) is 7.11. The van der Waals surface area contributed by atoms with E-state index in [1.54, 1.807) is 0 Å². The van der Waals surface area contributed by atoms with Crippen molar-refractivity contribution in [2.24, 2.45) is 0 Å². The van der Waals surface area contributed by atoms with E-state index in [-0.39, 0.29) is 5.92 Å². The average molecular weight is 347 g/mol. The van der Waals surface area contributed by atoms with Crippen molar-refractivity contribution in [2.75, 3.05) is 0 Å². The standard InChI is InChI=1S/C21H15Br/c22-20-14-11-17(12-15-20)13-16-21(18-7-3-1-4-8-18)19-9-5-2-6-10-19/h1-12,14-15,21H. The predicted molar refractivity (Wildman–Crippen MR) is 95.7 cm³/mol. The van der Waals surface area contributed by atoms with Crippen molar-refractivity contribution < 1.29 is 0 Å². The number of benzene rings is 3. The molecule has 0 fully saturated rings. The third kappa shape index (κ3) is 3.67. The number of hydrogen-bond donors (Lipinski definition) is 0. The van der Waals surface area contributed by atoms with E-state index in [2.05, 4.69) is 76.3 Å². The summed E-state index contributed by atoms with van der Waals surface area (Å²) in [4.78, 5) is 0. The van der Waals surface area contributed by atoms with Crippen LogP contribution in [0.5, 0.6) is 0 Å². The molecule has 0 N–H and O–H groups in total. The van der Waals surface area contributed by atoms with Crippen LogP contribution in [0.1, 0.15) is 22.6 Å². The summed E-state index contributed by atoms with van der Waals surface area (Å²) >= 11 is 3.45. The van der Waals surface area contributed by atoms with Gasteiger partial charge in [-0.25, -0.2) is 0 Å². The second-order valence-electron chi connectivity index (χ2n) is 5.03. The highest BCUT2D eigenvalue weighted by Gasteiger charge is 2.10. The van der Waals surface area contributed by atoms with Gasteiger partial charge in [0.15, 0.2) is 0 Å². The molecule has 0 radical (unpaired) electrons. The fraction of sp³-hybridized carbons (Fsp3) is 0.0476. The van der Waals surface area contributed by atoms with E-state index >= 15 is 0 Å². The van der Waals surface area contributed by atoms with Gasteiger partial charge in [0, 0.05) is 10.0 Å². The first-order chi connectivity index (χ1) is 10.8. The van der Waals surface area contributed by atoms with E-state index in [1.807, 2.05) is 36.4 Å². The van der Waals surface area contributed by atoms with Crippen LogP contribution in [0.4, 0.5) is 0 Å². The van der Waals surface area contributed by atoms with Crippen molar-refractivity contribution in [2.45, 2.75) is 5.92 Å². The molecule has 0 atom stereocenters. The Bertz CT molecular complexity index is 739. The van der Waals surface area contributed by atoms with Crippen molar-refractivity contribution in [3.8, 4) is 11.8 Å². The maximum absolute atomic E-state index is 3.45. The summed E-state index contributed by atoms with van der Waals surface area (Å²) in [6.07, 6.45) is 0. The minimum atomic E-state index is 0.0889. The summed E-state index contributed by atoms with van der Waals surface area (Å²) < 4.78 is 1.07. The monoisotopic (exact) mass is 346 g/mol. The Balaban J connectivity index is 1.98. The third-order valence-electron chi connectivity index (χ3n) is 3.47. The van der Waals surface area contributed by atoms with E-state index in [0.717, 1.165) is 10.0 Å². The molecule has 0 saturated heterocycles. The molecular weight excluding hydrogens is 332 g/mol. The van der Waals surface area contributed by atoms with Crippen LogP contribution in [0.25, 0.3) is 0 Å². The molecular formula is C21H15Br. The molecule has 0 spiro atoms. The topological polar surface area (TPSA) is 0 Å². The minimum absolute atomic E-state index is 0.0889. The first kappa shape index (κ1) is 14.6. The molecule has 0 aromatic heterocycles. The lowest BCUT2D eigenvalue weighted by Crippen LogP contribution is -1.98. The predicted octanol–water partition coefficient (Wildman–Crippen LogP) is 5.63. The Hall–Kier alpha value is -2.30. The van der Waals surface area contributed by atoms with Gasteiger partial charge >= 0.3 is 0 Å². The van der Waals surface area contributed by atoms with Gasteiger partial charge in [0.25, 0.3) is 0 Å². The lowest BCUT2D eigenvalue weighted by atomic mass is 9.91. The first-order valence-corrected chi connectivity index (χ1v) is 7.99. The molecule has 3 rings (SSSR count). The van der Waals surface area contributed by atoms with Crippen molar-refractivity contribution in [1.82, 2.24) is 0 Å². The second-order valence-corrected chi connectivity index (χ2v) is 5.95.